The first kappa shape index (κ1) is 26.3. The number of fused-ring (bicyclic) bond motifs is 9. The van der Waals surface area contributed by atoms with Crippen molar-refractivity contribution in [2.45, 2.75) is 0 Å². The third-order valence-electron chi connectivity index (χ3n) is 6.93. The Bertz CT molecular complexity index is 2240. The SMILES string of the molecule is Fc1c[c-]c(-c2ccccn2)cc1.[C-]#[N+]c1cccc2oc3cc4c5ccc[c-]c5c5ncccc5c4cc3c12.[Ir]. The van der Waals surface area contributed by atoms with E-state index in [1.807, 2.05) is 60.8 Å². The summed E-state index contributed by atoms with van der Waals surface area (Å²) in [5.74, 6) is -0.278. The summed E-state index contributed by atoms with van der Waals surface area (Å²) in [6.07, 6.45) is 3.52. The summed E-state index contributed by atoms with van der Waals surface area (Å²) < 4.78 is 18.6. The van der Waals surface area contributed by atoms with Crippen LogP contribution in [0.25, 0.3) is 70.5 Å². The summed E-state index contributed by atoms with van der Waals surface area (Å²) >= 11 is 0. The fraction of sp³-hybridized carbons (Fsp3) is 0. The van der Waals surface area contributed by atoms with E-state index in [4.69, 9.17) is 11.0 Å². The van der Waals surface area contributed by atoms with Crippen LogP contribution in [0.15, 0.2) is 114 Å². The van der Waals surface area contributed by atoms with Gasteiger partial charge in [-0.3, -0.25) is 4.39 Å². The molecule has 4 nitrogen and oxygen atoms in total. The number of nitrogens with zero attached hydrogens (tertiary/aromatic N) is 3. The monoisotopic (exact) mass is 708 g/mol. The second-order valence-electron chi connectivity index (χ2n) is 9.25. The van der Waals surface area contributed by atoms with Gasteiger partial charge in [-0.25, -0.2) is 4.85 Å². The van der Waals surface area contributed by atoms with Gasteiger partial charge in [0.2, 0.25) is 0 Å². The second kappa shape index (κ2) is 10.9. The van der Waals surface area contributed by atoms with Crippen LogP contribution in [0, 0.1) is 24.5 Å². The Balaban J connectivity index is 0.000000183. The fourth-order valence-corrected chi connectivity index (χ4v) is 5.16. The third kappa shape index (κ3) is 4.62. The number of hydrogen-bond acceptors (Lipinski definition) is 3. The first-order valence-electron chi connectivity index (χ1n) is 12.6. The zero-order chi connectivity index (χ0) is 27.1. The van der Waals surface area contributed by atoms with E-state index in [0.29, 0.717) is 5.69 Å². The third-order valence-corrected chi connectivity index (χ3v) is 6.93. The van der Waals surface area contributed by atoms with Crippen LogP contribution in [0.5, 0.6) is 0 Å². The van der Waals surface area contributed by atoms with E-state index in [1.165, 1.54) is 12.1 Å². The van der Waals surface area contributed by atoms with Gasteiger partial charge in [-0.1, -0.05) is 35.7 Å². The predicted molar refractivity (Wildman–Crippen MR) is 158 cm³/mol. The van der Waals surface area contributed by atoms with Gasteiger partial charge >= 0.3 is 0 Å². The number of rotatable bonds is 1. The molecule has 0 aliphatic heterocycles. The maximum absolute atomic E-state index is 12.6. The fourth-order valence-electron chi connectivity index (χ4n) is 5.16. The maximum Gasteiger partial charge on any atom is 0.198 e. The van der Waals surface area contributed by atoms with Gasteiger partial charge in [0.25, 0.3) is 0 Å². The summed E-state index contributed by atoms with van der Waals surface area (Å²) in [5, 5.41) is 7.26. The van der Waals surface area contributed by atoms with E-state index in [0.717, 1.165) is 65.6 Å². The Morgan fingerprint density at radius 3 is 2.39 bits per heavy atom. The zero-order valence-corrected chi connectivity index (χ0v) is 23.7. The number of hydrogen-bond donors (Lipinski definition) is 0. The van der Waals surface area contributed by atoms with Crippen LogP contribution in [-0.2, 0) is 20.1 Å². The average Bonchev–Trinajstić information content (AvgIpc) is 3.39. The molecule has 0 unspecified atom stereocenters. The molecule has 41 heavy (non-hydrogen) atoms. The van der Waals surface area contributed by atoms with E-state index >= 15 is 0 Å². The van der Waals surface area contributed by atoms with Gasteiger partial charge in [0, 0.05) is 49.1 Å². The summed E-state index contributed by atoms with van der Waals surface area (Å²) in [4.78, 5) is 12.4. The largest absolute Gasteiger partial charge is 0.457 e. The molecular weight excluding hydrogens is 690 g/mol. The smallest absolute Gasteiger partial charge is 0.198 e. The number of furan rings is 1. The number of aromatic nitrogens is 2. The first-order valence-corrected chi connectivity index (χ1v) is 12.6. The molecule has 0 aliphatic carbocycles. The van der Waals surface area contributed by atoms with E-state index < -0.39 is 0 Å². The van der Waals surface area contributed by atoms with Crippen molar-refractivity contribution < 1.29 is 28.9 Å². The maximum atomic E-state index is 12.6. The number of benzene rings is 5. The summed E-state index contributed by atoms with van der Waals surface area (Å²) in [7, 11) is 0. The molecule has 0 spiro atoms. The van der Waals surface area contributed by atoms with Crippen molar-refractivity contribution in [3.05, 3.63) is 139 Å². The van der Waals surface area contributed by atoms with Gasteiger partial charge in [0.15, 0.2) is 5.69 Å². The van der Waals surface area contributed by atoms with Gasteiger partial charge in [0.05, 0.1) is 6.57 Å². The number of halogens is 1. The first-order chi connectivity index (χ1) is 19.7. The van der Waals surface area contributed by atoms with E-state index in [9.17, 15) is 4.39 Å². The Kier molecular flexibility index (Phi) is 6.99. The molecule has 0 bridgehead atoms. The minimum absolute atomic E-state index is 0. The number of pyridine rings is 2. The topological polar surface area (TPSA) is 43.3 Å². The van der Waals surface area contributed by atoms with E-state index in [2.05, 4.69) is 51.2 Å². The van der Waals surface area contributed by atoms with Gasteiger partial charge in [-0.05, 0) is 57.7 Å². The van der Waals surface area contributed by atoms with Gasteiger partial charge < -0.3 is 14.4 Å². The van der Waals surface area contributed by atoms with Crippen molar-refractivity contribution in [1.82, 2.24) is 9.97 Å². The Morgan fingerprint density at radius 2 is 1.59 bits per heavy atom. The molecule has 0 saturated carbocycles. The van der Waals surface area contributed by atoms with Crippen LogP contribution < -0.4 is 0 Å². The molecule has 6 heteroatoms. The predicted octanol–water partition coefficient (Wildman–Crippen LogP) is 9.48. The Morgan fingerprint density at radius 1 is 0.732 bits per heavy atom. The van der Waals surface area contributed by atoms with Crippen LogP contribution >= 0.6 is 0 Å². The van der Waals surface area contributed by atoms with Gasteiger partial charge in [-0.2, -0.15) is 0 Å². The van der Waals surface area contributed by atoms with Crippen molar-refractivity contribution in [1.29, 1.82) is 0 Å². The average molecular weight is 708 g/mol. The van der Waals surface area contributed by atoms with Crippen molar-refractivity contribution in [2.75, 3.05) is 0 Å². The molecule has 0 saturated heterocycles. The second-order valence-corrected chi connectivity index (χ2v) is 9.25. The molecule has 0 amide bonds. The van der Waals surface area contributed by atoms with Gasteiger partial charge in [0.1, 0.15) is 11.2 Å². The molecule has 0 atom stereocenters. The summed E-state index contributed by atoms with van der Waals surface area (Å²) in [6, 6.07) is 36.0. The van der Waals surface area contributed by atoms with Crippen molar-refractivity contribution >= 4 is 60.1 Å². The minimum Gasteiger partial charge on any atom is -0.457 e. The molecule has 8 aromatic rings. The quantitative estimate of drug-likeness (QED) is 0.126. The van der Waals surface area contributed by atoms with Crippen LogP contribution in [-0.4, -0.2) is 9.97 Å². The van der Waals surface area contributed by atoms with Crippen LogP contribution in [0.3, 0.4) is 0 Å². The van der Waals surface area contributed by atoms with Crippen molar-refractivity contribution in [2.24, 2.45) is 0 Å². The molecule has 1 radical (unpaired) electrons. The molecule has 0 N–H and O–H groups in total. The van der Waals surface area contributed by atoms with Crippen LogP contribution in [0.2, 0.25) is 0 Å². The van der Waals surface area contributed by atoms with Gasteiger partial charge in [-0.15, -0.1) is 59.5 Å². The minimum atomic E-state index is -0.278. The van der Waals surface area contributed by atoms with E-state index in [-0.39, 0.29) is 25.9 Å². The molecule has 0 aliphatic rings. The Hall–Kier alpha value is -4.95. The van der Waals surface area contributed by atoms with Crippen LogP contribution in [0.4, 0.5) is 10.1 Å². The summed E-state index contributed by atoms with van der Waals surface area (Å²) in [6.45, 7) is 7.51. The van der Waals surface area contributed by atoms with Crippen molar-refractivity contribution in [3.8, 4) is 11.3 Å². The molecule has 3 aromatic heterocycles. The van der Waals surface area contributed by atoms with Crippen molar-refractivity contribution in [3.63, 3.8) is 0 Å². The van der Waals surface area contributed by atoms with Crippen LogP contribution in [0.1, 0.15) is 0 Å². The summed E-state index contributed by atoms with van der Waals surface area (Å²) in [5.41, 5.74) is 4.71. The van der Waals surface area contributed by atoms with E-state index in [1.54, 1.807) is 12.3 Å². The normalized spacial score (nSPS) is 10.8. The molecule has 5 aromatic carbocycles. The molecule has 0 fully saturated rings. The zero-order valence-electron chi connectivity index (χ0n) is 21.4. The molecule has 197 valence electrons. The standard InChI is InChI=1S/C24H11N2O.C11H7FN.Ir/c1-25-20-9-4-10-21-23(20)19-12-17-16-8-5-11-26-24(16)15-7-3-2-6-14(15)18(17)13-22(19)27-21;12-10-6-4-9(5-7-10)11-3-1-2-8-13-11;/h2-6,8-13H;1-4,6-8H;/q2*-1;. The molecular formula is C35H18FIrN3O-2. The molecule has 3 heterocycles. The Labute approximate surface area is 248 Å². The molecule has 8 rings (SSSR count).